The summed E-state index contributed by atoms with van der Waals surface area (Å²) in [5, 5.41) is 0. The number of methoxy groups -OCH3 is 1. The summed E-state index contributed by atoms with van der Waals surface area (Å²) in [6, 6.07) is 0. The van der Waals surface area contributed by atoms with Crippen LogP contribution in [-0.4, -0.2) is 19.3 Å². The van der Waals surface area contributed by atoms with Crippen LogP contribution in [0.3, 0.4) is 0 Å². The Kier molecular flexibility index (Phi) is 4.02. The lowest BCUT2D eigenvalue weighted by atomic mass is 9.87. The molecule has 0 spiro atoms. The van der Waals surface area contributed by atoms with Gasteiger partial charge in [-0.15, -0.1) is 0 Å². The van der Waals surface area contributed by atoms with Gasteiger partial charge in [-0.1, -0.05) is 32.1 Å². The summed E-state index contributed by atoms with van der Waals surface area (Å²) in [6.45, 7) is 0.684. The van der Waals surface area contributed by atoms with Crippen molar-refractivity contribution in [2.24, 2.45) is 5.73 Å². The summed E-state index contributed by atoms with van der Waals surface area (Å²) in [7, 11) is 1.80. The van der Waals surface area contributed by atoms with E-state index in [4.69, 9.17) is 10.5 Å². The van der Waals surface area contributed by atoms with Gasteiger partial charge in [0.25, 0.3) is 0 Å². The smallest absolute Gasteiger partial charge is 0.0800 e. The van der Waals surface area contributed by atoms with Gasteiger partial charge >= 0.3 is 0 Å². The first-order chi connectivity index (χ1) is 5.83. The molecule has 0 saturated heterocycles. The standard InChI is InChI=1S/C10H21NO/c1-12-10(9-11)7-5-3-2-4-6-8-10/h2-9,11H2,1H3. The third-order valence-electron chi connectivity index (χ3n) is 3.07. The lowest BCUT2D eigenvalue weighted by Crippen LogP contribution is -2.40. The van der Waals surface area contributed by atoms with E-state index in [2.05, 4.69) is 0 Å². The van der Waals surface area contributed by atoms with Crippen LogP contribution in [0.4, 0.5) is 0 Å². The molecule has 0 aliphatic heterocycles. The molecule has 0 bridgehead atoms. The van der Waals surface area contributed by atoms with E-state index in [-0.39, 0.29) is 5.60 Å². The van der Waals surface area contributed by atoms with E-state index in [0.717, 1.165) is 12.8 Å². The number of nitrogens with two attached hydrogens (primary N) is 1. The van der Waals surface area contributed by atoms with Crippen molar-refractivity contribution >= 4 is 0 Å². The molecular formula is C10H21NO. The summed E-state index contributed by atoms with van der Waals surface area (Å²) in [6.07, 6.45) is 8.97. The van der Waals surface area contributed by atoms with E-state index in [1.54, 1.807) is 7.11 Å². The van der Waals surface area contributed by atoms with Crippen LogP contribution < -0.4 is 5.73 Å². The van der Waals surface area contributed by atoms with Gasteiger partial charge in [0.1, 0.15) is 0 Å². The molecule has 2 N–H and O–H groups in total. The van der Waals surface area contributed by atoms with Gasteiger partial charge in [-0.25, -0.2) is 0 Å². The Morgan fingerprint density at radius 3 is 2.00 bits per heavy atom. The van der Waals surface area contributed by atoms with Crippen LogP contribution in [0.15, 0.2) is 0 Å². The minimum absolute atomic E-state index is 0.0143. The number of rotatable bonds is 2. The van der Waals surface area contributed by atoms with Crippen molar-refractivity contribution < 1.29 is 4.74 Å². The molecule has 1 rings (SSSR count). The zero-order valence-corrected chi connectivity index (χ0v) is 8.14. The second kappa shape index (κ2) is 4.83. The second-order valence-corrected chi connectivity index (χ2v) is 3.86. The molecule has 2 nitrogen and oxygen atoms in total. The van der Waals surface area contributed by atoms with E-state index >= 15 is 0 Å². The second-order valence-electron chi connectivity index (χ2n) is 3.86. The van der Waals surface area contributed by atoms with Crippen molar-refractivity contribution in [2.45, 2.75) is 50.5 Å². The fourth-order valence-electron chi connectivity index (χ4n) is 2.04. The van der Waals surface area contributed by atoms with E-state index in [0.29, 0.717) is 6.54 Å². The molecule has 0 aromatic carbocycles. The fourth-order valence-corrected chi connectivity index (χ4v) is 2.04. The first kappa shape index (κ1) is 10.0. The van der Waals surface area contributed by atoms with Crippen LogP contribution in [0.25, 0.3) is 0 Å². The molecule has 0 aromatic rings. The molecule has 0 heterocycles. The van der Waals surface area contributed by atoms with Crippen LogP contribution in [0, 0.1) is 0 Å². The maximum atomic E-state index is 5.74. The highest BCUT2D eigenvalue weighted by Gasteiger charge is 2.27. The van der Waals surface area contributed by atoms with E-state index in [1.807, 2.05) is 0 Å². The summed E-state index contributed by atoms with van der Waals surface area (Å²) in [4.78, 5) is 0. The molecule has 12 heavy (non-hydrogen) atoms. The highest BCUT2D eigenvalue weighted by molar-refractivity contribution is 4.82. The molecule has 2 heteroatoms. The van der Waals surface area contributed by atoms with Gasteiger partial charge < -0.3 is 10.5 Å². The number of hydrogen-bond donors (Lipinski definition) is 1. The summed E-state index contributed by atoms with van der Waals surface area (Å²) >= 11 is 0. The van der Waals surface area contributed by atoms with Gasteiger partial charge in [-0.2, -0.15) is 0 Å². The SMILES string of the molecule is COC1(CN)CCCCCCC1. The van der Waals surface area contributed by atoms with Crippen LogP contribution in [-0.2, 0) is 4.74 Å². The van der Waals surface area contributed by atoms with Crippen molar-refractivity contribution in [3.63, 3.8) is 0 Å². The summed E-state index contributed by atoms with van der Waals surface area (Å²) < 4.78 is 5.54. The first-order valence-electron chi connectivity index (χ1n) is 5.08. The Balaban J connectivity index is 2.45. The number of ether oxygens (including phenoxy) is 1. The predicted octanol–water partition coefficient (Wildman–Crippen LogP) is 2.07. The average molecular weight is 171 g/mol. The number of hydrogen-bond acceptors (Lipinski definition) is 2. The van der Waals surface area contributed by atoms with Crippen LogP contribution >= 0.6 is 0 Å². The van der Waals surface area contributed by atoms with Crippen LogP contribution in [0.1, 0.15) is 44.9 Å². The Morgan fingerprint density at radius 2 is 1.58 bits per heavy atom. The lowest BCUT2D eigenvalue weighted by Gasteiger charge is -2.32. The molecular weight excluding hydrogens is 150 g/mol. The minimum Gasteiger partial charge on any atom is -0.377 e. The highest BCUT2D eigenvalue weighted by atomic mass is 16.5. The van der Waals surface area contributed by atoms with Crippen molar-refractivity contribution in [1.82, 2.24) is 0 Å². The summed E-state index contributed by atoms with van der Waals surface area (Å²) in [5.41, 5.74) is 5.76. The van der Waals surface area contributed by atoms with Crippen molar-refractivity contribution in [3.05, 3.63) is 0 Å². The highest BCUT2D eigenvalue weighted by Crippen LogP contribution is 2.27. The third kappa shape index (κ3) is 2.46. The average Bonchev–Trinajstić information content (AvgIpc) is 2.06. The van der Waals surface area contributed by atoms with Crippen molar-refractivity contribution in [3.8, 4) is 0 Å². The molecule has 0 atom stereocenters. The Labute approximate surface area is 75.5 Å². The molecule has 1 fully saturated rings. The molecule has 1 aliphatic rings. The molecule has 0 aromatic heterocycles. The molecule has 1 saturated carbocycles. The maximum Gasteiger partial charge on any atom is 0.0800 e. The van der Waals surface area contributed by atoms with E-state index in [1.165, 1.54) is 32.1 Å². The topological polar surface area (TPSA) is 35.2 Å². The maximum absolute atomic E-state index is 5.74. The van der Waals surface area contributed by atoms with Crippen LogP contribution in [0.2, 0.25) is 0 Å². The third-order valence-corrected chi connectivity index (χ3v) is 3.07. The predicted molar refractivity (Wildman–Crippen MR) is 51.1 cm³/mol. The summed E-state index contributed by atoms with van der Waals surface area (Å²) in [5.74, 6) is 0. The normalized spacial score (nSPS) is 24.5. The molecule has 1 aliphatic carbocycles. The Morgan fingerprint density at radius 1 is 1.08 bits per heavy atom. The molecule has 0 unspecified atom stereocenters. The quantitative estimate of drug-likeness (QED) is 0.690. The first-order valence-corrected chi connectivity index (χ1v) is 5.08. The monoisotopic (exact) mass is 171 g/mol. The van der Waals surface area contributed by atoms with Crippen LogP contribution in [0.5, 0.6) is 0 Å². The van der Waals surface area contributed by atoms with Gasteiger partial charge in [0, 0.05) is 13.7 Å². The Hall–Kier alpha value is -0.0800. The minimum atomic E-state index is 0.0143. The molecule has 0 radical (unpaired) electrons. The van der Waals surface area contributed by atoms with Gasteiger partial charge in [0.05, 0.1) is 5.60 Å². The van der Waals surface area contributed by atoms with Crippen molar-refractivity contribution in [2.75, 3.05) is 13.7 Å². The molecule has 72 valence electrons. The zero-order chi connectivity index (χ0) is 8.86. The zero-order valence-electron chi connectivity index (χ0n) is 8.14. The Bertz CT molecular complexity index is 111. The van der Waals surface area contributed by atoms with Gasteiger partial charge in [0.15, 0.2) is 0 Å². The van der Waals surface area contributed by atoms with E-state index < -0.39 is 0 Å². The van der Waals surface area contributed by atoms with Gasteiger partial charge in [-0.3, -0.25) is 0 Å². The van der Waals surface area contributed by atoms with Gasteiger partial charge in [0.2, 0.25) is 0 Å². The van der Waals surface area contributed by atoms with Crippen molar-refractivity contribution in [1.29, 1.82) is 0 Å². The fraction of sp³-hybridized carbons (Fsp3) is 1.00. The lowest BCUT2D eigenvalue weighted by molar-refractivity contribution is -0.0230. The molecule has 0 amide bonds. The van der Waals surface area contributed by atoms with E-state index in [9.17, 15) is 0 Å². The largest absolute Gasteiger partial charge is 0.377 e. The van der Waals surface area contributed by atoms with Gasteiger partial charge in [-0.05, 0) is 12.8 Å².